The average molecular weight is 387 g/mol. The quantitative estimate of drug-likeness (QED) is 0.826. The summed E-state index contributed by atoms with van der Waals surface area (Å²) in [6, 6.07) is 13.4. The second-order valence-electron chi connectivity index (χ2n) is 6.46. The molecule has 140 valence electrons. The van der Waals surface area contributed by atoms with E-state index in [9.17, 15) is 19.5 Å². The van der Waals surface area contributed by atoms with Crippen molar-refractivity contribution >= 4 is 35.1 Å². The van der Waals surface area contributed by atoms with Gasteiger partial charge < -0.3 is 15.3 Å². The first-order valence-electron chi connectivity index (χ1n) is 8.51. The van der Waals surface area contributed by atoms with Gasteiger partial charge in [0.05, 0.1) is 12.5 Å². The third kappa shape index (κ3) is 4.11. The van der Waals surface area contributed by atoms with Gasteiger partial charge in [-0.15, -0.1) is 0 Å². The maximum atomic E-state index is 13.0. The third-order valence-electron chi connectivity index (χ3n) is 4.60. The van der Waals surface area contributed by atoms with Crippen LogP contribution in [-0.4, -0.2) is 29.4 Å². The van der Waals surface area contributed by atoms with Crippen molar-refractivity contribution in [2.24, 2.45) is 0 Å². The van der Waals surface area contributed by atoms with E-state index in [2.05, 4.69) is 5.32 Å². The van der Waals surface area contributed by atoms with Crippen molar-refractivity contribution < 1.29 is 19.5 Å². The second kappa shape index (κ2) is 7.80. The van der Waals surface area contributed by atoms with Crippen molar-refractivity contribution in [3.05, 3.63) is 64.7 Å². The molecule has 0 radical (unpaired) electrons. The number of benzene rings is 2. The topological polar surface area (TPSA) is 86.7 Å². The zero-order valence-electron chi connectivity index (χ0n) is 14.7. The molecule has 0 bridgehead atoms. The van der Waals surface area contributed by atoms with E-state index in [1.807, 2.05) is 0 Å². The van der Waals surface area contributed by atoms with E-state index in [1.54, 1.807) is 48.5 Å². The maximum Gasteiger partial charge on any atom is 0.312 e. The highest BCUT2D eigenvalue weighted by Gasteiger charge is 2.36. The molecule has 2 unspecified atom stereocenters. The van der Waals surface area contributed by atoms with Crippen molar-refractivity contribution in [3.63, 3.8) is 0 Å². The molecule has 0 aliphatic carbocycles. The minimum Gasteiger partial charge on any atom is -0.481 e. The van der Waals surface area contributed by atoms with Crippen LogP contribution in [-0.2, 0) is 14.4 Å². The summed E-state index contributed by atoms with van der Waals surface area (Å²) in [7, 11) is 0. The summed E-state index contributed by atoms with van der Waals surface area (Å²) in [5, 5.41) is 12.8. The minimum absolute atomic E-state index is 0.0158. The summed E-state index contributed by atoms with van der Waals surface area (Å²) >= 11 is 5.92. The summed E-state index contributed by atoms with van der Waals surface area (Å²) in [5.74, 6) is -2.22. The number of carbonyl (C=O) groups excluding carboxylic acids is 2. The van der Waals surface area contributed by atoms with Crippen LogP contribution in [0.2, 0.25) is 5.02 Å². The molecule has 27 heavy (non-hydrogen) atoms. The van der Waals surface area contributed by atoms with E-state index in [-0.39, 0.29) is 24.8 Å². The Kier molecular flexibility index (Phi) is 5.46. The molecule has 1 heterocycles. The number of carboxylic acid groups (broad SMARTS) is 1. The second-order valence-corrected chi connectivity index (χ2v) is 6.90. The number of fused-ring (bicyclic) bond motifs is 1. The van der Waals surface area contributed by atoms with Crippen molar-refractivity contribution in [1.82, 2.24) is 5.32 Å². The van der Waals surface area contributed by atoms with Crippen molar-refractivity contribution in [2.75, 3.05) is 11.4 Å². The Balaban J connectivity index is 1.85. The molecule has 0 aromatic heterocycles. The number of hydrogen-bond donors (Lipinski definition) is 2. The number of para-hydroxylation sites is 1. The molecular weight excluding hydrogens is 368 g/mol. The Morgan fingerprint density at radius 1 is 1.19 bits per heavy atom. The van der Waals surface area contributed by atoms with Gasteiger partial charge >= 0.3 is 5.97 Å². The largest absolute Gasteiger partial charge is 0.481 e. The summed E-state index contributed by atoms with van der Waals surface area (Å²) in [6.07, 6.45) is 0.0158. The highest BCUT2D eigenvalue weighted by molar-refractivity contribution is 6.30. The fourth-order valence-electron chi connectivity index (χ4n) is 3.33. The van der Waals surface area contributed by atoms with Crippen molar-refractivity contribution in [2.45, 2.75) is 25.3 Å². The molecule has 0 saturated carbocycles. The number of amides is 2. The number of nitrogens with one attached hydrogen (secondary N) is 1. The normalized spacial score (nSPS) is 16.5. The molecule has 0 spiro atoms. The predicted molar refractivity (Wildman–Crippen MR) is 102 cm³/mol. The van der Waals surface area contributed by atoms with Crippen LogP contribution in [0.1, 0.15) is 36.4 Å². The fourth-order valence-corrected chi connectivity index (χ4v) is 3.46. The van der Waals surface area contributed by atoms with Gasteiger partial charge in [-0.05, 0) is 29.3 Å². The molecule has 2 N–H and O–H groups in total. The molecule has 3 rings (SSSR count). The van der Waals surface area contributed by atoms with Gasteiger partial charge in [-0.3, -0.25) is 14.4 Å². The number of nitrogens with zero attached hydrogens (tertiary/aromatic N) is 1. The van der Waals surface area contributed by atoms with Gasteiger partial charge in [-0.1, -0.05) is 41.9 Å². The van der Waals surface area contributed by atoms with Crippen LogP contribution in [0.3, 0.4) is 0 Å². The van der Waals surface area contributed by atoms with E-state index in [0.29, 0.717) is 16.3 Å². The molecule has 7 heteroatoms. The van der Waals surface area contributed by atoms with E-state index < -0.39 is 17.9 Å². The van der Waals surface area contributed by atoms with E-state index in [4.69, 9.17) is 11.6 Å². The number of halogens is 1. The van der Waals surface area contributed by atoms with Gasteiger partial charge in [0.2, 0.25) is 11.8 Å². The first kappa shape index (κ1) is 18.9. The number of rotatable bonds is 5. The Morgan fingerprint density at radius 3 is 2.48 bits per heavy atom. The van der Waals surface area contributed by atoms with Gasteiger partial charge in [-0.2, -0.15) is 0 Å². The molecule has 0 fully saturated rings. The highest BCUT2D eigenvalue weighted by atomic mass is 35.5. The van der Waals surface area contributed by atoms with Crippen LogP contribution in [0.25, 0.3) is 0 Å². The lowest BCUT2D eigenvalue weighted by Gasteiger charge is -2.23. The monoisotopic (exact) mass is 386 g/mol. The Morgan fingerprint density at radius 2 is 1.85 bits per heavy atom. The first-order chi connectivity index (χ1) is 12.9. The predicted octanol–water partition coefficient (Wildman–Crippen LogP) is 3.12. The van der Waals surface area contributed by atoms with Crippen LogP contribution < -0.4 is 10.2 Å². The van der Waals surface area contributed by atoms with Gasteiger partial charge in [0, 0.05) is 24.2 Å². The van der Waals surface area contributed by atoms with Crippen LogP contribution in [0.4, 0.5) is 5.69 Å². The van der Waals surface area contributed by atoms with Gasteiger partial charge in [0.15, 0.2) is 0 Å². The van der Waals surface area contributed by atoms with Crippen molar-refractivity contribution in [1.29, 1.82) is 0 Å². The number of hydrogen-bond acceptors (Lipinski definition) is 3. The van der Waals surface area contributed by atoms with Crippen LogP contribution >= 0.6 is 11.6 Å². The summed E-state index contributed by atoms with van der Waals surface area (Å²) in [4.78, 5) is 37.6. The zero-order chi connectivity index (χ0) is 19.6. The van der Waals surface area contributed by atoms with Crippen LogP contribution in [0, 0.1) is 0 Å². The maximum absolute atomic E-state index is 13.0. The average Bonchev–Trinajstić information content (AvgIpc) is 3.01. The lowest BCUT2D eigenvalue weighted by atomic mass is 10.0. The zero-order valence-corrected chi connectivity index (χ0v) is 15.4. The number of aliphatic carboxylic acids is 1. The smallest absolute Gasteiger partial charge is 0.312 e. The Bertz CT molecular complexity index is 882. The molecule has 6 nitrogen and oxygen atoms in total. The molecule has 2 atom stereocenters. The van der Waals surface area contributed by atoms with Gasteiger partial charge in [0.1, 0.15) is 5.92 Å². The minimum atomic E-state index is -0.964. The van der Waals surface area contributed by atoms with Crippen LogP contribution in [0.5, 0.6) is 0 Å². The molecule has 1 aliphatic rings. The Labute approximate surface area is 161 Å². The van der Waals surface area contributed by atoms with E-state index in [0.717, 1.165) is 5.56 Å². The van der Waals surface area contributed by atoms with E-state index >= 15 is 0 Å². The lowest BCUT2D eigenvalue weighted by molar-refractivity contribution is -0.138. The molecule has 2 amide bonds. The molecule has 1 aliphatic heterocycles. The summed E-state index contributed by atoms with van der Waals surface area (Å²) < 4.78 is 0. The first-order valence-corrected chi connectivity index (χ1v) is 8.89. The number of anilines is 1. The fraction of sp³-hybridized carbons (Fsp3) is 0.250. The van der Waals surface area contributed by atoms with Gasteiger partial charge in [-0.25, -0.2) is 0 Å². The summed E-state index contributed by atoms with van der Waals surface area (Å²) in [5.41, 5.74) is 1.98. The number of carbonyl (C=O) groups is 3. The molecule has 0 saturated heterocycles. The lowest BCUT2D eigenvalue weighted by Crippen LogP contribution is -2.36. The van der Waals surface area contributed by atoms with Gasteiger partial charge in [0.25, 0.3) is 0 Å². The SMILES string of the molecule is CC(=O)NC(CC(=O)N1CC(C(=O)O)c2ccccc21)c1ccc(Cl)cc1. The third-order valence-corrected chi connectivity index (χ3v) is 4.85. The van der Waals surface area contributed by atoms with Crippen LogP contribution in [0.15, 0.2) is 48.5 Å². The molecule has 2 aromatic rings. The standard InChI is InChI=1S/C20H19ClN2O4/c1-12(24)22-17(13-6-8-14(21)9-7-13)10-19(25)23-11-16(20(26)27)15-4-2-3-5-18(15)23/h2-9,16-17H,10-11H2,1H3,(H,22,24)(H,26,27). The number of carboxylic acids is 1. The van der Waals surface area contributed by atoms with E-state index in [1.165, 1.54) is 11.8 Å². The molecular formula is C20H19ClN2O4. The molecule has 2 aromatic carbocycles. The summed E-state index contributed by atoms with van der Waals surface area (Å²) in [6.45, 7) is 1.47. The van der Waals surface area contributed by atoms with Crippen molar-refractivity contribution in [3.8, 4) is 0 Å². The Hall–Kier alpha value is -2.86. The highest BCUT2D eigenvalue weighted by Crippen LogP contribution is 2.37.